The predicted octanol–water partition coefficient (Wildman–Crippen LogP) is 13.1. The second-order valence-electron chi connectivity index (χ2n) is 12.5. The number of rotatable bonds is 2. The molecule has 0 heteroatoms. The molecule has 0 aromatic heterocycles. The molecule has 46 heavy (non-hydrogen) atoms. The Hall–Kier alpha value is -5.98. The van der Waals surface area contributed by atoms with Crippen molar-refractivity contribution in [2.24, 2.45) is 0 Å². The van der Waals surface area contributed by atoms with E-state index in [9.17, 15) is 0 Å². The zero-order valence-electron chi connectivity index (χ0n) is 25.2. The van der Waals surface area contributed by atoms with Crippen LogP contribution in [0, 0.1) is 0 Å². The van der Waals surface area contributed by atoms with Gasteiger partial charge in [-0.1, -0.05) is 146 Å². The highest BCUT2D eigenvalue weighted by molar-refractivity contribution is 6.39. The molecular weight excluding hydrogens is 553 g/mol. The van der Waals surface area contributed by atoms with Gasteiger partial charge < -0.3 is 0 Å². The van der Waals surface area contributed by atoms with Crippen molar-refractivity contribution in [3.63, 3.8) is 0 Å². The summed E-state index contributed by atoms with van der Waals surface area (Å²) in [4.78, 5) is 0. The summed E-state index contributed by atoms with van der Waals surface area (Å²) in [5, 5.41) is 18.1. The largest absolute Gasteiger partial charge is 0.0616 e. The molecule has 10 aromatic rings. The third-order valence-electron chi connectivity index (χ3n) is 9.97. The highest BCUT2D eigenvalue weighted by Crippen LogP contribution is 2.45. The third kappa shape index (κ3) is 3.68. The maximum Gasteiger partial charge on any atom is -0.00139 e. The fraction of sp³-hybridized carbons (Fsp3) is 0. The highest BCUT2D eigenvalue weighted by Gasteiger charge is 2.17. The minimum absolute atomic E-state index is 1.23. The number of benzene rings is 10. The minimum atomic E-state index is 1.23. The molecule has 212 valence electrons. The van der Waals surface area contributed by atoms with Crippen molar-refractivity contribution in [2.45, 2.75) is 0 Å². The Morgan fingerprint density at radius 3 is 1.13 bits per heavy atom. The number of hydrogen-bond acceptors (Lipinski definition) is 0. The second kappa shape index (κ2) is 9.76. The van der Waals surface area contributed by atoms with Crippen molar-refractivity contribution in [3.8, 4) is 22.3 Å². The molecule has 0 aliphatic heterocycles. The zero-order valence-corrected chi connectivity index (χ0v) is 25.2. The first-order valence-corrected chi connectivity index (χ1v) is 16.0. The summed E-state index contributed by atoms with van der Waals surface area (Å²) in [6, 6.07) is 62.9. The second-order valence-corrected chi connectivity index (χ2v) is 12.5. The molecule has 10 aromatic carbocycles. The van der Waals surface area contributed by atoms with E-state index in [1.807, 2.05) is 0 Å². The quantitative estimate of drug-likeness (QED) is 0.178. The SMILES string of the molecule is c1ccc2cc(-c3cc4ccccc4cc3-c3ccc4c(c3)c3ccccc3c3c5ccccc5c5ccccc5c43)ccc2c1. The first kappa shape index (κ1) is 25.4. The Labute approximate surface area is 266 Å². The topological polar surface area (TPSA) is 0 Å². The van der Waals surface area contributed by atoms with E-state index in [-0.39, 0.29) is 0 Å². The smallest absolute Gasteiger partial charge is 0.00139 e. The van der Waals surface area contributed by atoms with Crippen LogP contribution >= 0.6 is 0 Å². The monoisotopic (exact) mass is 580 g/mol. The van der Waals surface area contributed by atoms with Gasteiger partial charge in [-0.15, -0.1) is 0 Å². The normalized spacial score (nSPS) is 11.9. The maximum atomic E-state index is 2.44. The van der Waals surface area contributed by atoms with E-state index in [1.165, 1.54) is 97.7 Å². The van der Waals surface area contributed by atoms with Crippen molar-refractivity contribution in [1.82, 2.24) is 0 Å². The van der Waals surface area contributed by atoms with Crippen LogP contribution in [0.3, 0.4) is 0 Å². The number of fused-ring (bicyclic) bond motifs is 13. The Balaban J connectivity index is 1.33. The molecule has 0 saturated carbocycles. The van der Waals surface area contributed by atoms with E-state index in [0.29, 0.717) is 0 Å². The molecule has 0 saturated heterocycles. The number of hydrogen-bond donors (Lipinski definition) is 0. The van der Waals surface area contributed by atoms with Crippen molar-refractivity contribution >= 4 is 75.4 Å². The van der Waals surface area contributed by atoms with Crippen LogP contribution in [0.1, 0.15) is 0 Å². The average molecular weight is 581 g/mol. The molecule has 0 spiro atoms. The lowest BCUT2D eigenvalue weighted by molar-refractivity contribution is 1.64. The molecule has 0 nitrogen and oxygen atoms in total. The molecule has 10 rings (SSSR count). The molecule has 0 amide bonds. The summed E-state index contributed by atoms with van der Waals surface area (Å²) in [6.07, 6.45) is 0. The lowest BCUT2D eigenvalue weighted by Gasteiger charge is -2.18. The fourth-order valence-electron chi connectivity index (χ4n) is 7.86. The Morgan fingerprint density at radius 2 is 0.587 bits per heavy atom. The van der Waals surface area contributed by atoms with E-state index in [2.05, 4.69) is 170 Å². The highest BCUT2D eigenvalue weighted by atomic mass is 14.2. The summed E-state index contributed by atoms with van der Waals surface area (Å²) < 4.78 is 0. The summed E-state index contributed by atoms with van der Waals surface area (Å²) in [6.45, 7) is 0. The Morgan fingerprint density at radius 1 is 0.217 bits per heavy atom. The van der Waals surface area contributed by atoms with Gasteiger partial charge in [0.2, 0.25) is 0 Å². The van der Waals surface area contributed by atoms with Gasteiger partial charge in [-0.3, -0.25) is 0 Å². The molecule has 0 aliphatic rings. The first-order valence-electron chi connectivity index (χ1n) is 16.0. The summed E-state index contributed by atoms with van der Waals surface area (Å²) in [5.41, 5.74) is 4.98. The summed E-state index contributed by atoms with van der Waals surface area (Å²) in [7, 11) is 0. The van der Waals surface area contributed by atoms with Crippen molar-refractivity contribution in [1.29, 1.82) is 0 Å². The lowest BCUT2D eigenvalue weighted by atomic mass is 9.85. The van der Waals surface area contributed by atoms with Crippen molar-refractivity contribution < 1.29 is 0 Å². The van der Waals surface area contributed by atoms with Gasteiger partial charge in [0.05, 0.1) is 0 Å². The van der Waals surface area contributed by atoms with Crippen LogP contribution in [0.15, 0.2) is 170 Å². The molecular formula is C46H28. The molecule has 0 unspecified atom stereocenters. The van der Waals surface area contributed by atoms with Gasteiger partial charge in [-0.2, -0.15) is 0 Å². The van der Waals surface area contributed by atoms with Crippen LogP contribution < -0.4 is 0 Å². The van der Waals surface area contributed by atoms with Crippen LogP contribution in [0.25, 0.3) is 97.7 Å². The van der Waals surface area contributed by atoms with Gasteiger partial charge in [-0.25, -0.2) is 0 Å². The molecule has 0 fully saturated rings. The average Bonchev–Trinajstić information content (AvgIpc) is 3.13. The third-order valence-corrected chi connectivity index (χ3v) is 9.97. The van der Waals surface area contributed by atoms with Crippen molar-refractivity contribution in [3.05, 3.63) is 170 Å². The van der Waals surface area contributed by atoms with Gasteiger partial charge in [0, 0.05) is 0 Å². The van der Waals surface area contributed by atoms with E-state index < -0.39 is 0 Å². The minimum Gasteiger partial charge on any atom is -0.0616 e. The molecule has 0 radical (unpaired) electrons. The van der Waals surface area contributed by atoms with Crippen LogP contribution in [0.4, 0.5) is 0 Å². The first-order chi connectivity index (χ1) is 22.8. The van der Waals surface area contributed by atoms with Gasteiger partial charge in [0.15, 0.2) is 0 Å². The molecule has 0 aliphatic carbocycles. The Kier molecular flexibility index (Phi) is 5.38. The van der Waals surface area contributed by atoms with Crippen LogP contribution in [-0.2, 0) is 0 Å². The summed E-state index contributed by atoms with van der Waals surface area (Å²) in [5.74, 6) is 0. The van der Waals surface area contributed by atoms with Crippen LogP contribution in [0.2, 0.25) is 0 Å². The van der Waals surface area contributed by atoms with E-state index >= 15 is 0 Å². The zero-order chi connectivity index (χ0) is 30.2. The van der Waals surface area contributed by atoms with E-state index in [1.54, 1.807) is 0 Å². The van der Waals surface area contributed by atoms with E-state index in [0.717, 1.165) is 0 Å². The lowest BCUT2D eigenvalue weighted by Crippen LogP contribution is -1.90. The van der Waals surface area contributed by atoms with Gasteiger partial charge >= 0.3 is 0 Å². The predicted molar refractivity (Wildman–Crippen MR) is 200 cm³/mol. The molecule has 0 heterocycles. The van der Waals surface area contributed by atoms with Crippen molar-refractivity contribution in [2.75, 3.05) is 0 Å². The van der Waals surface area contributed by atoms with Gasteiger partial charge in [0.25, 0.3) is 0 Å². The maximum absolute atomic E-state index is 2.44. The standard InChI is InChI=1S/C46H28/c1-2-12-30-25-33(22-21-29(30)11-1)42-26-31-13-3-4-14-32(31)27-43(42)34-23-24-41-44(28-34)37-17-7-10-20-40(37)45-38-18-8-5-15-35(38)36-16-6-9-19-39(36)46(41)45/h1-28H. The summed E-state index contributed by atoms with van der Waals surface area (Å²) >= 11 is 0. The van der Waals surface area contributed by atoms with Crippen LogP contribution in [0.5, 0.6) is 0 Å². The molecule has 0 atom stereocenters. The fourth-order valence-corrected chi connectivity index (χ4v) is 7.86. The molecule has 0 N–H and O–H groups in total. The van der Waals surface area contributed by atoms with Crippen LogP contribution in [-0.4, -0.2) is 0 Å². The Bertz CT molecular complexity index is 2850. The molecule has 0 bridgehead atoms. The van der Waals surface area contributed by atoms with Gasteiger partial charge in [-0.05, 0) is 122 Å². The van der Waals surface area contributed by atoms with E-state index in [4.69, 9.17) is 0 Å². The van der Waals surface area contributed by atoms with Gasteiger partial charge in [0.1, 0.15) is 0 Å².